The van der Waals surface area contributed by atoms with Crippen molar-refractivity contribution in [1.29, 1.82) is 0 Å². The van der Waals surface area contributed by atoms with Gasteiger partial charge in [-0.2, -0.15) is 0 Å². The molecule has 0 radical (unpaired) electrons. The molecule has 1 rings (SSSR count). The highest BCUT2D eigenvalue weighted by molar-refractivity contribution is 5.17. The van der Waals surface area contributed by atoms with Crippen LogP contribution >= 0.6 is 0 Å². The summed E-state index contributed by atoms with van der Waals surface area (Å²) >= 11 is 0. The lowest BCUT2D eigenvalue weighted by Crippen LogP contribution is -2.18. The SMILES string of the molecule is CNC[C@H](OC)c1ccccc1. The Morgan fingerprint density at radius 3 is 2.50 bits per heavy atom. The molecule has 1 aromatic carbocycles. The zero-order valence-electron chi connectivity index (χ0n) is 7.58. The zero-order chi connectivity index (χ0) is 8.81. The van der Waals surface area contributed by atoms with Gasteiger partial charge in [-0.1, -0.05) is 30.3 Å². The third-order valence-corrected chi connectivity index (χ3v) is 1.85. The molecule has 0 saturated heterocycles. The topological polar surface area (TPSA) is 21.3 Å². The van der Waals surface area contributed by atoms with Crippen LogP contribution in [0.1, 0.15) is 11.7 Å². The Bertz CT molecular complexity index is 210. The number of benzene rings is 1. The lowest BCUT2D eigenvalue weighted by Gasteiger charge is -2.14. The van der Waals surface area contributed by atoms with Crippen LogP contribution in [0.5, 0.6) is 0 Å². The van der Waals surface area contributed by atoms with E-state index >= 15 is 0 Å². The second-order valence-electron chi connectivity index (χ2n) is 2.69. The number of hydrogen-bond donors (Lipinski definition) is 1. The quantitative estimate of drug-likeness (QED) is 0.731. The Hall–Kier alpha value is -0.860. The number of rotatable bonds is 4. The minimum atomic E-state index is 0.163. The molecule has 0 aromatic heterocycles. The van der Waals surface area contributed by atoms with Crippen molar-refractivity contribution >= 4 is 0 Å². The van der Waals surface area contributed by atoms with Crippen LogP contribution in [-0.4, -0.2) is 20.7 Å². The molecule has 0 aliphatic rings. The van der Waals surface area contributed by atoms with Crippen molar-refractivity contribution in [3.05, 3.63) is 35.9 Å². The molecular weight excluding hydrogens is 150 g/mol. The number of nitrogens with one attached hydrogen (secondary N) is 1. The number of hydrogen-bond acceptors (Lipinski definition) is 2. The maximum atomic E-state index is 5.31. The van der Waals surface area contributed by atoms with Gasteiger partial charge in [0.05, 0.1) is 6.10 Å². The van der Waals surface area contributed by atoms with Crippen molar-refractivity contribution in [2.24, 2.45) is 0 Å². The molecule has 0 saturated carbocycles. The first-order chi connectivity index (χ1) is 5.88. The van der Waals surface area contributed by atoms with E-state index in [1.165, 1.54) is 5.56 Å². The fourth-order valence-corrected chi connectivity index (χ4v) is 1.19. The molecule has 12 heavy (non-hydrogen) atoms. The Labute approximate surface area is 73.6 Å². The van der Waals surface area contributed by atoms with E-state index in [1.54, 1.807) is 7.11 Å². The van der Waals surface area contributed by atoms with E-state index in [1.807, 2.05) is 25.2 Å². The number of likely N-dealkylation sites (N-methyl/N-ethyl adjacent to an activating group) is 1. The summed E-state index contributed by atoms with van der Waals surface area (Å²) in [5.41, 5.74) is 1.22. The van der Waals surface area contributed by atoms with Gasteiger partial charge in [0.25, 0.3) is 0 Å². The summed E-state index contributed by atoms with van der Waals surface area (Å²) < 4.78 is 5.31. The van der Waals surface area contributed by atoms with Crippen molar-refractivity contribution in [3.63, 3.8) is 0 Å². The molecule has 1 aromatic rings. The molecule has 0 amide bonds. The van der Waals surface area contributed by atoms with Crippen molar-refractivity contribution in [1.82, 2.24) is 5.32 Å². The van der Waals surface area contributed by atoms with Gasteiger partial charge in [0.1, 0.15) is 0 Å². The van der Waals surface area contributed by atoms with Crippen LogP contribution in [0.25, 0.3) is 0 Å². The average Bonchev–Trinajstić information content (AvgIpc) is 2.15. The molecule has 0 spiro atoms. The molecule has 2 nitrogen and oxygen atoms in total. The molecule has 0 heterocycles. The van der Waals surface area contributed by atoms with Crippen molar-refractivity contribution < 1.29 is 4.74 Å². The van der Waals surface area contributed by atoms with Gasteiger partial charge >= 0.3 is 0 Å². The first-order valence-electron chi connectivity index (χ1n) is 4.11. The standard InChI is InChI=1S/C10H15NO/c1-11-8-10(12-2)9-6-4-3-5-7-9/h3-7,10-11H,8H2,1-2H3/t10-/m0/s1. The third-order valence-electron chi connectivity index (χ3n) is 1.85. The smallest absolute Gasteiger partial charge is 0.0945 e. The average molecular weight is 165 g/mol. The predicted octanol–water partition coefficient (Wildman–Crippen LogP) is 1.59. The zero-order valence-corrected chi connectivity index (χ0v) is 7.58. The van der Waals surface area contributed by atoms with Gasteiger partial charge in [-0.05, 0) is 12.6 Å². The molecule has 0 aliphatic heterocycles. The minimum Gasteiger partial charge on any atom is -0.375 e. The maximum Gasteiger partial charge on any atom is 0.0945 e. The lowest BCUT2D eigenvalue weighted by molar-refractivity contribution is 0.104. The molecular formula is C10H15NO. The minimum absolute atomic E-state index is 0.163. The Morgan fingerprint density at radius 1 is 1.33 bits per heavy atom. The molecule has 66 valence electrons. The number of methoxy groups -OCH3 is 1. The Morgan fingerprint density at radius 2 is 2.00 bits per heavy atom. The van der Waals surface area contributed by atoms with Crippen LogP contribution in [0, 0.1) is 0 Å². The number of ether oxygens (including phenoxy) is 1. The van der Waals surface area contributed by atoms with Crippen molar-refractivity contribution in [3.8, 4) is 0 Å². The van der Waals surface area contributed by atoms with E-state index in [-0.39, 0.29) is 6.10 Å². The molecule has 0 bridgehead atoms. The largest absolute Gasteiger partial charge is 0.375 e. The Kier molecular flexibility index (Phi) is 3.77. The summed E-state index contributed by atoms with van der Waals surface area (Å²) in [6, 6.07) is 10.2. The highest BCUT2D eigenvalue weighted by atomic mass is 16.5. The van der Waals surface area contributed by atoms with Gasteiger partial charge in [0.15, 0.2) is 0 Å². The molecule has 0 aliphatic carbocycles. The van der Waals surface area contributed by atoms with Crippen LogP contribution in [-0.2, 0) is 4.74 Å². The fraction of sp³-hybridized carbons (Fsp3) is 0.400. The van der Waals surface area contributed by atoms with Crippen LogP contribution in [0.3, 0.4) is 0 Å². The summed E-state index contributed by atoms with van der Waals surface area (Å²) in [6.45, 7) is 0.848. The summed E-state index contributed by atoms with van der Waals surface area (Å²) in [5.74, 6) is 0. The van der Waals surface area contributed by atoms with E-state index in [2.05, 4.69) is 17.4 Å². The molecule has 2 heteroatoms. The van der Waals surface area contributed by atoms with Crippen molar-refractivity contribution in [2.75, 3.05) is 20.7 Å². The highest BCUT2D eigenvalue weighted by Gasteiger charge is 2.06. The Balaban J connectivity index is 2.66. The second-order valence-corrected chi connectivity index (χ2v) is 2.69. The van der Waals surface area contributed by atoms with Gasteiger partial charge < -0.3 is 10.1 Å². The summed E-state index contributed by atoms with van der Waals surface area (Å²) in [7, 11) is 3.66. The fourth-order valence-electron chi connectivity index (χ4n) is 1.19. The monoisotopic (exact) mass is 165 g/mol. The third kappa shape index (κ3) is 2.32. The van der Waals surface area contributed by atoms with E-state index in [0.717, 1.165) is 6.54 Å². The maximum absolute atomic E-state index is 5.31. The van der Waals surface area contributed by atoms with Gasteiger partial charge in [-0.25, -0.2) is 0 Å². The van der Waals surface area contributed by atoms with Crippen molar-refractivity contribution in [2.45, 2.75) is 6.10 Å². The van der Waals surface area contributed by atoms with Crippen LogP contribution in [0.2, 0.25) is 0 Å². The molecule has 1 N–H and O–H groups in total. The first kappa shape index (κ1) is 9.23. The second kappa shape index (κ2) is 4.91. The molecule has 1 atom stereocenters. The van der Waals surface area contributed by atoms with Crippen LogP contribution < -0.4 is 5.32 Å². The van der Waals surface area contributed by atoms with E-state index in [9.17, 15) is 0 Å². The summed E-state index contributed by atoms with van der Waals surface area (Å²) in [6.07, 6.45) is 0.163. The van der Waals surface area contributed by atoms with Gasteiger partial charge in [0, 0.05) is 13.7 Å². The van der Waals surface area contributed by atoms with E-state index in [0.29, 0.717) is 0 Å². The summed E-state index contributed by atoms with van der Waals surface area (Å²) in [5, 5.41) is 3.09. The van der Waals surface area contributed by atoms with Crippen LogP contribution in [0.4, 0.5) is 0 Å². The van der Waals surface area contributed by atoms with E-state index < -0.39 is 0 Å². The highest BCUT2D eigenvalue weighted by Crippen LogP contribution is 2.14. The van der Waals surface area contributed by atoms with Gasteiger partial charge in [-0.3, -0.25) is 0 Å². The lowest BCUT2D eigenvalue weighted by atomic mass is 10.1. The summed E-state index contributed by atoms with van der Waals surface area (Å²) in [4.78, 5) is 0. The van der Waals surface area contributed by atoms with Gasteiger partial charge in [-0.15, -0.1) is 0 Å². The molecule has 0 fully saturated rings. The first-order valence-corrected chi connectivity index (χ1v) is 4.11. The normalized spacial score (nSPS) is 12.8. The predicted molar refractivity (Wildman–Crippen MR) is 50.1 cm³/mol. The molecule has 0 unspecified atom stereocenters. The van der Waals surface area contributed by atoms with E-state index in [4.69, 9.17) is 4.74 Å². The van der Waals surface area contributed by atoms with Crippen LogP contribution in [0.15, 0.2) is 30.3 Å². The van der Waals surface area contributed by atoms with Gasteiger partial charge in [0.2, 0.25) is 0 Å².